The van der Waals surface area contributed by atoms with Crippen molar-refractivity contribution in [2.24, 2.45) is 0 Å². The van der Waals surface area contributed by atoms with Crippen molar-refractivity contribution in [2.75, 3.05) is 40.3 Å². The van der Waals surface area contributed by atoms with Gasteiger partial charge in [0.05, 0.1) is 18.4 Å². The Morgan fingerprint density at radius 1 is 1.22 bits per heavy atom. The highest BCUT2D eigenvalue weighted by Crippen LogP contribution is 2.38. The van der Waals surface area contributed by atoms with Crippen molar-refractivity contribution in [3.63, 3.8) is 0 Å². The van der Waals surface area contributed by atoms with Gasteiger partial charge in [0, 0.05) is 37.2 Å². The van der Waals surface area contributed by atoms with E-state index in [1.165, 1.54) is 18.9 Å². The van der Waals surface area contributed by atoms with Crippen LogP contribution in [0.25, 0.3) is 5.70 Å². The van der Waals surface area contributed by atoms with Crippen LogP contribution in [0, 0.1) is 0 Å². The smallest absolute Gasteiger partial charge is 0.337 e. The summed E-state index contributed by atoms with van der Waals surface area (Å²) in [5.41, 5.74) is 1.45. The molecule has 2 aliphatic heterocycles. The van der Waals surface area contributed by atoms with Crippen molar-refractivity contribution in [3.05, 3.63) is 40.8 Å². The van der Waals surface area contributed by atoms with Crippen molar-refractivity contribution < 1.29 is 14.0 Å². The van der Waals surface area contributed by atoms with Gasteiger partial charge < -0.3 is 9.64 Å². The second kappa shape index (κ2) is 6.90. The maximum Gasteiger partial charge on any atom is 0.337 e. The van der Waals surface area contributed by atoms with Gasteiger partial charge in [-0.1, -0.05) is 28.4 Å². The molecular weight excluding hydrogens is 317 g/mol. The molecule has 0 aromatic heterocycles. The molecule has 1 unspecified atom stereocenters. The summed E-state index contributed by atoms with van der Waals surface area (Å²) in [6.45, 7) is 3.62. The number of rotatable bonds is 3. The van der Waals surface area contributed by atoms with Gasteiger partial charge in [-0.2, -0.15) is 5.12 Å². The van der Waals surface area contributed by atoms with E-state index in [-0.39, 0.29) is 5.50 Å². The van der Waals surface area contributed by atoms with E-state index >= 15 is 0 Å². The van der Waals surface area contributed by atoms with Gasteiger partial charge in [-0.15, -0.1) is 0 Å². The maximum atomic E-state index is 14.7. The lowest BCUT2D eigenvalue weighted by Gasteiger charge is -2.37. The summed E-state index contributed by atoms with van der Waals surface area (Å²) in [7, 11) is 3.43. The number of benzene rings is 1. The predicted octanol–water partition coefficient (Wildman–Crippen LogP) is 2.24. The fraction of sp³-hybridized carbons (Fsp3) is 0.438. The zero-order valence-electron chi connectivity index (χ0n) is 13.2. The lowest BCUT2D eigenvalue weighted by molar-refractivity contribution is -0.00306. The number of carbonyl (C=O) groups is 1. The number of halogens is 1. The van der Waals surface area contributed by atoms with Crippen molar-refractivity contribution in [1.82, 2.24) is 14.9 Å². The normalized spacial score (nSPS) is 23.0. The van der Waals surface area contributed by atoms with Crippen LogP contribution >= 0.6 is 11.8 Å². The van der Waals surface area contributed by atoms with Gasteiger partial charge in [0.1, 0.15) is 0 Å². The minimum atomic E-state index is -0.390. The van der Waals surface area contributed by atoms with E-state index in [1.54, 1.807) is 24.3 Å². The molecule has 0 saturated carbocycles. The Morgan fingerprint density at radius 3 is 2.48 bits per heavy atom. The molecule has 0 aliphatic carbocycles. The number of methoxy groups -OCH3 is 1. The Labute approximate surface area is 139 Å². The van der Waals surface area contributed by atoms with Crippen LogP contribution in [0.3, 0.4) is 0 Å². The second-order valence-electron chi connectivity index (χ2n) is 5.68. The Bertz CT molecular complexity index is 600. The average Bonchev–Trinajstić information content (AvgIpc) is 2.96. The molecule has 0 N–H and O–H groups in total. The van der Waals surface area contributed by atoms with Crippen LogP contribution in [-0.2, 0) is 4.74 Å². The van der Waals surface area contributed by atoms with Crippen LogP contribution in [0.2, 0.25) is 0 Å². The minimum absolute atomic E-state index is 0.306. The van der Waals surface area contributed by atoms with E-state index in [2.05, 4.69) is 21.6 Å². The first-order valence-corrected chi connectivity index (χ1v) is 8.46. The molecule has 2 heterocycles. The quantitative estimate of drug-likeness (QED) is 0.622. The number of hydrogen-bond acceptors (Lipinski definition) is 6. The lowest BCUT2D eigenvalue weighted by atomic mass is 10.1. The third-order valence-electron chi connectivity index (χ3n) is 4.18. The average molecular weight is 337 g/mol. The number of thioether (sulfide) groups is 1. The summed E-state index contributed by atoms with van der Waals surface area (Å²) < 4.78 is 19.4. The summed E-state index contributed by atoms with van der Waals surface area (Å²) in [5, 5.41) is 2.67. The van der Waals surface area contributed by atoms with E-state index < -0.39 is 5.97 Å². The Hall–Kier alpha value is -1.57. The second-order valence-corrected chi connectivity index (χ2v) is 6.61. The summed E-state index contributed by atoms with van der Waals surface area (Å²) in [6.07, 6.45) is 0. The molecule has 1 saturated heterocycles. The zero-order valence-corrected chi connectivity index (χ0v) is 14.1. The molecule has 2 aliphatic rings. The van der Waals surface area contributed by atoms with E-state index in [0.29, 0.717) is 11.3 Å². The molecule has 0 radical (unpaired) electrons. The van der Waals surface area contributed by atoms with Gasteiger partial charge in [0.25, 0.3) is 0 Å². The molecular formula is C16H20FN3O2S. The van der Waals surface area contributed by atoms with Crippen LogP contribution in [0.4, 0.5) is 4.48 Å². The van der Waals surface area contributed by atoms with E-state index in [9.17, 15) is 9.28 Å². The molecule has 5 nitrogen and oxygen atoms in total. The monoisotopic (exact) mass is 337 g/mol. The molecule has 0 amide bonds. The zero-order chi connectivity index (χ0) is 16.4. The van der Waals surface area contributed by atoms with E-state index in [0.717, 1.165) is 36.9 Å². The molecule has 1 fully saturated rings. The SMILES string of the molecule is COC(=O)c1ccc(C2=CSC(N3CCN(C)CC3)N2F)cc1. The van der Waals surface area contributed by atoms with Gasteiger partial charge in [-0.3, -0.25) is 4.90 Å². The molecule has 3 rings (SSSR count). The van der Waals surface area contributed by atoms with Crippen LogP contribution in [0.15, 0.2) is 29.7 Å². The molecule has 0 bridgehead atoms. The molecule has 0 spiro atoms. The number of carbonyl (C=O) groups excluding carboxylic acids is 1. The summed E-state index contributed by atoms with van der Waals surface area (Å²) in [4.78, 5) is 15.9. The summed E-state index contributed by atoms with van der Waals surface area (Å²) in [6, 6.07) is 6.81. The van der Waals surface area contributed by atoms with Crippen LogP contribution in [0.1, 0.15) is 15.9 Å². The highest BCUT2D eigenvalue weighted by atomic mass is 32.2. The first-order chi connectivity index (χ1) is 11.1. The molecule has 1 atom stereocenters. The van der Waals surface area contributed by atoms with Gasteiger partial charge >= 0.3 is 5.97 Å². The number of likely N-dealkylation sites (N-methyl/N-ethyl adjacent to an activating group) is 1. The van der Waals surface area contributed by atoms with Crippen molar-refractivity contribution >= 4 is 23.4 Å². The molecule has 124 valence electrons. The summed E-state index contributed by atoms with van der Waals surface area (Å²) >= 11 is 1.48. The summed E-state index contributed by atoms with van der Waals surface area (Å²) in [5.74, 6) is -0.390. The number of nitrogens with zero attached hydrogens (tertiary/aromatic N) is 3. The highest BCUT2D eigenvalue weighted by molar-refractivity contribution is 8.03. The van der Waals surface area contributed by atoms with Crippen molar-refractivity contribution in [2.45, 2.75) is 5.50 Å². The molecule has 23 heavy (non-hydrogen) atoms. The number of piperazine rings is 1. The first kappa shape index (κ1) is 16.3. The van der Waals surface area contributed by atoms with Crippen LogP contribution in [0.5, 0.6) is 0 Å². The van der Waals surface area contributed by atoms with Crippen molar-refractivity contribution in [1.29, 1.82) is 0 Å². The van der Waals surface area contributed by atoms with E-state index in [4.69, 9.17) is 0 Å². The largest absolute Gasteiger partial charge is 0.465 e. The third kappa shape index (κ3) is 3.36. The third-order valence-corrected chi connectivity index (χ3v) is 5.26. The Morgan fingerprint density at radius 2 is 1.87 bits per heavy atom. The van der Waals surface area contributed by atoms with E-state index in [1.807, 2.05) is 5.41 Å². The fourth-order valence-corrected chi connectivity index (χ4v) is 3.80. The van der Waals surface area contributed by atoms with Crippen LogP contribution < -0.4 is 0 Å². The lowest BCUT2D eigenvalue weighted by Crippen LogP contribution is -2.50. The van der Waals surface area contributed by atoms with Gasteiger partial charge in [-0.05, 0) is 19.2 Å². The van der Waals surface area contributed by atoms with Gasteiger partial charge in [-0.25, -0.2) is 4.79 Å². The molecule has 7 heteroatoms. The predicted molar refractivity (Wildman–Crippen MR) is 89.2 cm³/mol. The minimum Gasteiger partial charge on any atom is -0.465 e. The standard InChI is InChI=1S/C16H20FN3O2S/c1-18-7-9-19(10-8-18)16-20(17)14(11-23-16)12-3-5-13(6-4-12)15(21)22-2/h3-6,11,16H,7-10H2,1-2H3. The maximum absolute atomic E-state index is 14.7. The topological polar surface area (TPSA) is 36.0 Å². The number of ether oxygens (including phenoxy) is 1. The van der Waals surface area contributed by atoms with Crippen LogP contribution in [-0.4, -0.2) is 66.7 Å². The fourth-order valence-electron chi connectivity index (χ4n) is 2.71. The van der Waals surface area contributed by atoms with Gasteiger partial charge in [0.2, 0.25) is 0 Å². The van der Waals surface area contributed by atoms with Crippen molar-refractivity contribution in [3.8, 4) is 0 Å². The number of hydrogen-bond donors (Lipinski definition) is 0. The molecule has 1 aromatic rings. The highest BCUT2D eigenvalue weighted by Gasteiger charge is 2.34. The Kier molecular flexibility index (Phi) is 4.89. The first-order valence-electron chi connectivity index (χ1n) is 7.52. The molecule has 1 aromatic carbocycles. The Balaban J connectivity index is 1.68. The number of esters is 1. The van der Waals surface area contributed by atoms with Gasteiger partial charge in [0.15, 0.2) is 5.50 Å².